The smallest absolute Gasteiger partial charge is 0.269 e. The number of rotatable bonds is 12. The average molecular weight is 564 g/mol. The molecule has 0 amide bonds. The summed E-state index contributed by atoms with van der Waals surface area (Å²) in [5, 5.41) is 8.32. The van der Waals surface area contributed by atoms with Crippen LogP contribution in [0.4, 0.5) is 5.88 Å². The van der Waals surface area contributed by atoms with E-state index < -0.39 is 10.0 Å². The molecule has 40 heavy (non-hydrogen) atoms. The van der Waals surface area contributed by atoms with Crippen molar-refractivity contribution in [2.24, 2.45) is 0 Å². The van der Waals surface area contributed by atoms with Crippen LogP contribution in [0.5, 0.6) is 0 Å². The number of hydrogen-bond donors (Lipinski definition) is 0. The van der Waals surface area contributed by atoms with Crippen LogP contribution in [0.3, 0.4) is 0 Å². The van der Waals surface area contributed by atoms with Crippen molar-refractivity contribution in [2.45, 2.75) is 25.3 Å². The first-order chi connectivity index (χ1) is 19.4. The van der Waals surface area contributed by atoms with Crippen molar-refractivity contribution in [3.63, 3.8) is 0 Å². The van der Waals surface area contributed by atoms with Gasteiger partial charge < -0.3 is 18.4 Å². The molecule has 0 aliphatic heterocycles. The molecule has 208 valence electrons. The Bertz CT molecular complexity index is 1660. The van der Waals surface area contributed by atoms with Gasteiger partial charge in [0.05, 0.1) is 36.5 Å². The first-order valence-corrected chi connectivity index (χ1v) is 14.0. The summed E-state index contributed by atoms with van der Waals surface area (Å²) < 4.78 is 53.2. The molecule has 0 fully saturated rings. The van der Waals surface area contributed by atoms with E-state index >= 15 is 0 Å². The van der Waals surface area contributed by atoms with Gasteiger partial charge in [-0.2, -0.15) is 5.10 Å². The van der Waals surface area contributed by atoms with Gasteiger partial charge in [-0.05, 0) is 49.2 Å². The number of ether oxygens (including phenoxy) is 2. The SMILES string of the molecule is COCCOCN(c1onc(C)c1C)S(=O)(=O)c1ccccc1-c1ccc(-c2ncco2)cc1Cn1cccn1. The van der Waals surface area contributed by atoms with E-state index in [4.69, 9.17) is 18.4 Å². The fraction of sp³-hybridized carbons (Fsp3) is 0.250. The average Bonchev–Trinajstić information content (AvgIpc) is 3.74. The standard InChI is InChI=1S/C28H29N5O6S/c1-20-21(2)31-39-28(20)33(19-37-16-15-36-3)40(34,35)26-8-5-4-7-25(26)24-10-9-22(27-29-12-14-38-27)17-23(24)18-32-13-6-11-30-32/h4-14,17H,15-16,18-19H2,1-3H3. The molecule has 0 radical (unpaired) electrons. The lowest BCUT2D eigenvalue weighted by Crippen LogP contribution is -2.34. The lowest BCUT2D eigenvalue weighted by molar-refractivity contribution is 0.0744. The number of aromatic nitrogens is 4. The molecule has 0 saturated carbocycles. The zero-order chi connectivity index (χ0) is 28.1. The summed E-state index contributed by atoms with van der Waals surface area (Å²) in [4.78, 5) is 4.35. The molecule has 11 nitrogen and oxygen atoms in total. The van der Waals surface area contributed by atoms with Gasteiger partial charge in [0.1, 0.15) is 13.0 Å². The van der Waals surface area contributed by atoms with Crippen LogP contribution >= 0.6 is 0 Å². The zero-order valence-corrected chi connectivity index (χ0v) is 23.2. The minimum Gasteiger partial charge on any atom is -0.445 e. The number of benzene rings is 2. The van der Waals surface area contributed by atoms with Gasteiger partial charge in [0.25, 0.3) is 10.0 Å². The first kappa shape index (κ1) is 27.3. The van der Waals surface area contributed by atoms with Gasteiger partial charge in [0, 0.05) is 36.2 Å². The van der Waals surface area contributed by atoms with Crippen LogP contribution in [0.25, 0.3) is 22.6 Å². The van der Waals surface area contributed by atoms with Crippen LogP contribution in [-0.4, -0.2) is 55.4 Å². The van der Waals surface area contributed by atoms with Crippen molar-refractivity contribution < 1.29 is 26.8 Å². The molecular weight excluding hydrogens is 534 g/mol. The molecule has 0 aliphatic rings. The van der Waals surface area contributed by atoms with E-state index in [0.717, 1.165) is 21.0 Å². The van der Waals surface area contributed by atoms with Crippen LogP contribution in [0.2, 0.25) is 0 Å². The zero-order valence-electron chi connectivity index (χ0n) is 22.4. The number of sulfonamides is 1. The van der Waals surface area contributed by atoms with Gasteiger partial charge in [-0.15, -0.1) is 0 Å². The van der Waals surface area contributed by atoms with Crippen LogP contribution in [-0.2, 0) is 26.0 Å². The minimum atomic E-state index is -4.18. The predicted molar refractivity (Wildman–Crippen MR) is 147 cm³/mol. The molecule has 0 N–H and O–H groups in total. The van der Waals surface area contributed by atoms with E-state index in [1.165, 1.54) is 6.26 Å². The normalized spacial score (nSPS) is 11.7. The summed E-state index contributed by atoms with van der Waals surface area (Å²) >= 11 is 0. The number of oxazole rings is 1. The maximum Gasteiger partial charge on any atom is 0.269 e. The molecule has 0 unspecified atom stereocenters. The lowest BCUT2D eigenvalue weighted by Gasteiger charge is -2.24. The van der Waals surface area contributed by atoms with Gasteiger partial charge in [0.2, 0.25) is 11.8 Å². The second-order valence-electron chi connectivity index (χ2n) is 8.99. The van der Waals surface area contributed by atoms with Crippen molar-refractivity contribution in [3.05, 3.63) is 90.2 Å². The highest BCUT2D eigenvalue weighted by Crippen LogP contribution is 2.36. The monoisotopic (exact) mass is 563 g/mol. The van der Waals surface area contributed by atoms with Crippen molar-refractivity contribution in [1.82, 2.24) is 19.9 Å². The Balaban J connectivity index is 1.62. The van der Waals surface area contributed by atoms with Crippen LogP contribution < -0.4 is 4.31 Å². The highest BCUT2D eigenvalue weighted by atomic mass is 32.2. The molecule has 2 aromatic carbocycles. The number of aryl methyl sites for hydroxylation is 1. The van der Waals surface area contributed by atoms with Gasteiger partial charge in [-0.3, -0.25) is 4.68 Å². The second kappa shape index (κ2) is 11.9. The Morgan fingerprint density at radius 3 is 2.58 bits per heavy atom. The second-order valence-corrected chi connectivity index (χ2v) is 10.8. The molecule has 0 spiro atoms. The molecular formula is C28H29N5O6S. The topological polar surface area (TPSA) is 126 Å². The maximum absolute atomic E-state index is 14.3. The van der Waals surface area contributed by atoms with E-state index in [1.54, 1.807) is 62.3 Å². The molecule has 0 bridgehead atoms. The summed E-state index contributed by atoms with van der Waals surface area (Å²) in [6.45, 7) is 4.14. The highest BCUT2D eigenvalue weighted by molar-refractivity contribution is 7.93. The third kappa shape index (κ3) is 5.55. The quantitative estimate of drug-likeness (QED) is 0.157. The summed E-state index contributed by atoms with van der Waals surface area (Å²) in [6.07, 6.45) is 6.63. The molecule has 0 saturated heterocycles. The van der Waals surface area contributed by atoms with E-state index in [0.29, 0.717) is 35.9 Å². The molecule has 0 atom stereocenters. The Labute approximate surface area is 232 Å². The first-order valence-electron chi connectivity index (χ1n) is 12.5. The molecule has 12 heteroatoms. The largest absolute Gasteiger partial charge is 0.445 e. The van der Waals surface area contributed by atoms with Crippen molar-refractivity contribution in [3.8, 4) is 22.6 Å². The van der Waals surface area contributed by atoms with E-state index in [-0.39, 0.29) is 24.1 Å². The summed E-state index contributed by atoms with van der Waals surface area (Å²) in [6, 6.07) is 14.3. The third-order valence-corrected chi connectivity index (χ3v) is 8.18. The fourth-order valence-corrected chi connectivity index (χ4v) is 5.80. The fourth-order valence-electron chi connectivity index (χ4n) is 4.25. The Morgan fingerprint density at radius 1 is 1.02 bits per heavy atom. The van der Waals surface area contributed by atoms with Crippen molar-refractivity contribution >= 4 is 15.9 Å². The number of hydrogen-bond acceptors (Lipinski definition) is 9. The number of methoxy groups -OCH3 is 1. The Hall–Kier alpha value is -4.26. The van der Waals surface area contributed by atoms with Gasteiger partial charge in [-0.25, -0.2) is 17.7 Å². The number of nitrogens with zero attached hydrogens (tertiary/aromatic N) is 5. The van der Waals surface area contributed by atoms with Crippen molar-refractivity contribution in [1.29, 1.82) is 0 Å². The Morgan fingerprint density at radius 2 is 1.88 bits per heavy atom. The van der Waals surface area contributed by atoms with Gasteiger partial charge in [-0.1, -0.05) is 29.4 Å². The molecule has 3 aromatic heterocycles. The Kier molecular flexibility index (Phi) is 8.10. The van der Waals surface area contributed by atoms with Crippen LogP contribution in [0.1, 0.15) is 16.8 Å². The van der Waals surface area contributed by atoms with Crippen LogP contribution in [0, 0.1) is 13.8 Å². The lowest BCUT2D eigenvalue weighted by atomic mass is 9.97. The minimum absolute atomic E-state index is 0.0874. The highest BCUT2D eigenvalue weighted by Gasteiger charge is 2.32. The maximum atomic E-state index is 14.3. The van der Waals surface area contributed by atoms with E-state index in [1.807, 2.05) is 30.5 Å². The van der Waals surface area contributed by atoms with Crippen LogP contribution in [0.15, 0.2) is 87.2 Å². The summed E-state index contributed by atoms with van der Waals surface area (Å²) in [5.74, 6) is 0.561. The van der Waals surface area contributed by atoms with Gasteiger partial charge in [0.15, 0.2) is 0 Å². The van der Waals surface area contributed by atoms with E-state index in [2.05, 4.69) is 15.2 Å². The molecule has 0 aliphatic carbocycles. The number of anilines is 1. The van der Waals surface area contributed by atoms with E-state index in [9.17, 15) is 8.42 Å². The third-order valence-electron chi connectivity index (χ3n) is 6.42. The summed E-state index contributed by atoms with van der Waals surface area (Å²) in [5.41, 5.74) is 4.01. The molecule has 5 rings (SSSR count). The predicted octanol–water partition coefficient (Wildman–Crippen LogP) is 4.67. The molecule has 3 heterocycles. The molecule has 5 aromatic rings. The van der Waals surface area contributed by atoms with Gasteiger partial charge >= 0.3 is 0 Å². The van der Waals surface area contributed by atoms with Crippen molar-refractivity contribution in [2.75, 3.05) is 31.4 Å². The summed E-state index contributed by atoms with van der Waals surface area (Å²) in [7, 11) is -2.63.